The van der Waals surface area contributed by atoms with E-state index < -0.39 is 6.29 Å². The van der Waals surface area contributed by atoms with Gasteiger partial charge in [0.05, 0.1) is 30.1 Å². The SMILES string of the molecule is C[C@H]1[C@@H](CSc2nnnn2-c2ccccc2)O[C@@H](c2ccc(-c3ccccc3CNC(=O)c3cccnc3)cc2)O[C@H]1c1ccc(CO)cc1. The minimum Gasteiger partial charge on any atom is -0.392 e. The lowest BCUT2D eigenvalue weighted by molar-refractivity contribution is -0.268. The molecule has 1 saturated heterocycles. The van der Waals surface area contributed by atoms with E-state index >= 15 is 0 Å². The molecule has 1 amide bonds. The van der Waals surface area contributed by atoms with Crippen molar-refractivity contribution >= 4 is 17.7 Å². The van der Waals surface area contributed by atoms with Crippen LogP contribution in [-0.2, 0) is 22.6 Å². The minimum atomic E-state index is -0.618. The second kappa shape index (κ2) is 15.6. The summed E-state index contributed by atoms with van der Waals surface area (Å²) >= 11 is 1.55. The first-order valence-electron chi connectivity index (χ1n) is 16.4. The van der Waals surface area contributed by atoms with E-state index in [4.69, 9.17) is 9.47 Å². The topological polar surface area (TPSA) is 124 Å². The number of benzene rings is 4. The Morgan fingerprint density at radius 3 is 2.40 bits per heavy atom. The van der Waals surface area contributed by atoms with Gasteiger partial charge in [-0.2, -0.15) is 4.68 Å². The van der Waals surface area contributed by atoms with Crippen LogP contribution in [0.25, 0.3) is 16.8 Å². The summed E-state index contributed by atoms with van der Waals surface area (Å²) < 4.78 is 15.1. The summed E-state index contributed by atoms with van der Waals surface area (Å²) in [6, 6.07) is 37.4. The van der Waals surface area contributed by atoms with Gasteiger partial charge >= 0.3 is 0 Å². The third kappa shape index (κ3) is 7.51. The molecule has 4 aromatic carbocycles. The van der Waals surface area contributed by atoms with Gasteiger partial charge in [0.1, 0.15) is 0 Å². The number of thioether (sulfide) groups is 1. The average Bonchev–Trinajstić information content (AvgIpc) is 3.66. The molecule has 0 spiro atoms. The molecule has 50 heavy (non-hydrogen) atoms. The molecular formula is C39H36N6O4S. The third-order valence-corrected chi connectivity index (χ3v) is 9.82. The van der Waals surface area contributed by atoms with E-state index in [1.54, 1.807) is 41.0 Å². The predicted octanol–water partition coefficient (Wildman–Crippen LogP) is 6.73. The first kappa shape index (κ1) is 33.3. The summed E-state index contributed by atoms with van der Waals surface area (Å²) in [6.07, 6.45) is 2.15. The Bertz CT molecular complexity index is 2010. The molecule has 3 heterocycles. The molecule has 252 valence electrons. The highest BCUT2D eigenvalue weighted by Gasteiger charge is 2.38. The van der Waals surface area contributed by atoms with Crippen molar-refractivity contribution in [3.63, 3.8) is 0 Å². The highest BCUT2D eigenvalue weighted by atomic mass is 32.2. The number of rotatable bonds is 11. The fraction of sp³-hybridized carbons (Fsp3) is 0.205. The summed E-state index contributed by atoms with van der Waals surface area (Å²) in [5.74, 6) is 0.442. The van der Waals surface area contributed by atoms with Crippen LogP contribution in [0, 0.1) is 5.92 Å². The van der Waals surface area contributed by atoms with Crippen LogP contribution in [0.1, 0.15) is 51.9 Å². The van der Waals surface area contributed by atoms with E-state index in [2.05, 4.69) is 50.9 Å². The lowest BCUT2D eigenvalue weighted by atomic mass is 9.91. The minimum absolute atomic E-state index is 0.00723. The number of aliphatic hydroxyl groups is 1. The van der Waals surface area contributed by atoms with E-state index in [-0.39, 0.29) is 30.6 Å². The number of aromatic nitrogens is 5. The molecule has 0 bridgehead atoms. The number of amides is 1. The second-order valence-corrected chi connectivity index (χ2v) is 13.0. The summed E-state index contributed by atoms with van der Waals surface area (Å²) in [6.45, 7) is 2.50. The zero-order chi connectivity index (χ0) is 34.3. The average molecular weight is 685 g/mol. The lowest BCUT2D eigenvalue weighted by Gasteiger charge is -2.41. The number of carbonyl (C=O) groups is 1. The number of nitrogens with one attached hydrogen (secondary N) is 1. The van der Waals surface area contributed by atoms with Crippen LogP contribution < -0.4 is 5.32 Å². The van der Waals surface area contributed by atoms with Gasteiger partial charge in [-0.25, -0.2) is 0 Å². The van der Waals surface area contributed by atoms with Gasteiger partial charge < -0.3 is 19.9 Å². The van der Waals surface area contributed by atoms with Crippen molar-refractivity contribution < 1.29 is 19.4 Å². The molecule has 1 fully saturated rings. The van der Waals surface area contributed by atoms with Crippen molar-refractivity contribution in [1.82, 2.24) is 30.5 Å². The third-order valence-electron chi connectivity index (χ3n) is 8.82. The smallest absolute Gasteiger partial charge is 0.253 e. The molecule has 11 heteroatoms. The maximum absolute atomic E-state index is 12.7. The van der Waals surface area contributed by atoms with Crippen molar-refractivity contribution in [3.8, 4) is 16.8 Å². The Balaban J connectivity index is 1.11. The molecule has 2 N–H and O–H groups in total. The lowest BCUT2D eigenvalue weighted by Crippen LogP contribution is -2.38. The van der Waals surface area contributed by atoms with Crippen LogP contribution in [0.5, 0.6) is 0 Å². The predicted molar refractivity (Wildman–Crippen MR) is 190 cm³/mol. The fourth-order valence-corrected chi connectivity index (χ4v) is 7.07. The van der Waals surface area contributed by atoms with Crippen LogP contribution in [0.3, 0.4) is 0 Å². The van der Waals surface area contributed by atoms with Gasteiger partial charge in [0, 0.05) is 36.2 Å². The Kier molecular flexibility index (Phi) is 10.4. The Morgan fingerprint density at radius 2 is 1.64 bits per heavy atom. The number of pyridine rings is 1. The van der Waals surface area contributed by atoms with Crippen molar-refractivity contribution in [2.45, 2.75) is 43.7 Å². The van der Waals surface area contributed by atoms with Gasteiger partial charge in [-0.3, -0.25) is 9.78 Å². The van der Waals surface area contributed by atoms with Crippen LogP contribution in [0.15, 0.2) is 133 Å². The normalized spacial score (nSPS) is 18.8. The number of para-hydroxylation sites is 1. The monoisotopic (exact) mass is 684 g/mol. The Labute approximate surface area is 294 Å². The maximum Gasteiger partial charge on any atom is 0.253 e. The van der Waals surface area contributed by atoms with E-state index in [0.29, 0.717) is 23.0 Å². The Morgan fingerprint density at radius 1 is 0.880 bits per heavy atom. The van der Waals surface area contributed by atoms with Crippen molar-refractivity contribution in [2.24, 2.45) is 5.92 Å². The van der Waals surface area contributed by atoms with Crippen molar-refractivity contribution in [1.29, 1.82) is 0 Å². The quantitative estimate of drug-likeness (QED) is 0.143. The highest BCUT2D eigenvalue weighted by molar-refractivity contribution is 7.99. The number of ether oxygens (including phenoxy) is 2. The zero-order valence-electron chi connectivity index (χ0n) is 27.4. The summed E-state index contributed by atoms with van der Waals surface area (Å²) in [4.78, 5) is 16.7. The highest BCUT2D eigenvalue weighted by Crippen LogP contribution is 2.43. The zero-order valence-corrected chi connectivity index (χ0v) is 28.2. The molecule has 1 aliphatic rings. The van der Waals surface area contributed by atoms with E-state index in [1.165, 1.54) is 0 Å². The number of aliphatic hydroxyl groups excluding tert-OH is 1. The largest absolute Gasteiger partial charge is 0.392 e. The standard InChI is InChI=1S/C39H36N6O4S/c1-26-35(25-50-39-42-43-44-45(39)33-10-3-2-4-11-33)48-38(49-36(26)29-15-13-27(24-46)14-16-29)30-19-17-28(18-20-30)34-12-6-5-8-31(34)23-41-37(47)32-9-7-21-40-22-32/h2-22,26,35-36,38,46H,23-25H2,1H3,(H,41,47)/t26-,35+,36+,38+/m0/s1. The molecule has 0 radical (unpaired) electrons. The summed E-state index contributed by atoms with van der Waals surface area (Å²) in [5.41, 5.74) is 7.20. The molecule has 1 aliphatic heterocycles. The molecule has 0 aliphatic carbocycles. The molecular weight excluding hydrogens is 649 g/mol. The molecule has 6 aromatic rings. The fourth-order valence-electron chi connectivity index (χ4n) is 6.02. The van der Waals surface area contributed by atoms with E-state index in [9.17, 15) is 9.90 Å². The molecule has 0 unspecified atom stereocenters. The van der Waals surface area contributed by atoms with Gasteiger partial charge in [-0.15, -0.1) is 5.10 Å². The van der Waals surface area contributed by atoms with Crippen LogP contribution in [0.2, 0.25) is 0 Å². The molecule has 4 atom stereocenters. The van der Waals surface area contributed by atoms with Gasteiger partial charge in [-0.05, 0) is 62.5 Å². The Hall–Kier alpha value is -5.20. The molecule has 10 nitrogen and oxygen atoms in total. The number of carbonyl (C=O) groups excluding carboxylic acids is 1. The van der Waals surface area contributed by atoms with Crippen LogP contribution >= 0.6 is 11.8 Å². The molecule has 0 saturated carbocycles. The van der Waals surface area contributed by atoms with Crippen molar-refractivity contribution in [3.05, 3.63) is 155 Å². The number of tetrazole rings is 1. The molecule has 2 aromatic heterocycles. The first-order chi connectivity index (χ1) is 24.6. The van der Waals surface area contributed by atoms with Crippen LogP contribution in [-0.4, -0.2) is 48.1 Å². The van der Waals surface area contributed by atoms with Gasteiger partial charge in [-0.1, -0.05) is 110 Å². The van der Waals surface area contributed by atoms with Crippen molar-refractivity contribution in [2.75, 3.05) is 5.75 Å². The summed E-state index contributed by atoms with van der Waals surface area (Å²) in [5, 5.41) is 25.7. The van der Waals surface area contributed by atoms with E-state index in [1.807, 2.05) is 84.9 Å². The number of nitrogens with zero attached hydrogens (tertiary/aromatic N) is 5. The van der Waals surface area contributed by atoms with Gasteiger partial charge in [0.2, 0.25) is 5.16 Å². The van der Waals surface area contributed by atoms with Gasteiger partial charge in [0.15, 0.2) is 6.29 Å². The molecule has 7 rings (SSSR count). The number of hydrogen-bond acceptors (Lipinski definition) is 9. The van der Waals surface area contributed by atoms with E-state index in [0.717, 1.165) is 39.1 Å². The number of hydrogen-bond donors (Lipinski definition) is 2. The maximum atomic E-state index is 12.7. The first-order valence-corrected chi connectivity index (χ1v) is 17.4. The summed E-state index contributed by atoms with van der Waals surface area (Å²) in [7, 11) is 0. The van der Waals surface area contributed by atoms with Gasteiger partial charge in [0.25, 0.3) is 5.91 Å². The van der Waals surface area contributed by atoms with Crippen LogP contribution in [0.4, 0.5) is 0 Å². The second-order valence-electron chi connectivity index (χ2n) is 12.0.